The standard InChI is InChI=1S/C24H24BNO2.C18H12BrN.C13H25BO4.C2H4O2.K/c1-23(2)24(3,4)28-25(27-23)17-13-15-18(16-14-17)26-21-11-7-5-9-19(21)20-10-6-8-12-22(20)26;19-13-9-11-14(12-10-13)20-17-7-3-1-5-15(17)16-6-2-4-8-18(16)20;1-10(2)11(3,4)16-9(15-10)14-17-12(5,6)13(7,8)18-14;1-2(3)4;/h5-16H,1-4H3;1-12H;9H,1-8H3;1H3,(H,3,4);/q;;;;+1/p-1. The van der Waals surface area contributed by atoms with Crippen molar-refractivity contribution >= 4 is 85.2 Å². The predicted molar refractivity (Wildman–Crippen MR) is 286 cm³/mol. The van der Waals surface area contributed by atoms with Gasteiger partial charge in [0.05, 0.1) is 55.7 Å². The van der Waals surface area contributed by atoms with Crippen LogP contribution in [0.1, 0.15) is 90.0 Å². The number of hydrogen-bond donors (Lipinski definition) is 0. The minimum Gasteiger partial charge on any atom is -0.550 e. The Labute approximate surface area is 470 Å². The Kier molecular flexibility index (Phi) is 16.3. The molecule has 71 heavy (non-hydrogen) atoms. The second-order valence-corrected chi connectivity index (χ2v) is 22.1. The molecular formula is C57H64B2BrKN2O8. The molecule has 364 valence electrons. The number of benzene rings is 6. The van der Waals surface area contributed by atoms with Crippen molar-refractivity contribution in [1.82, 2.24) is 9.13 Å². The topological polar surface area (TPSA) is 105 Å². The van der Waals surface area contributed by atoms with Gasteiger partial charge in [0.15, 0.2) is 6.19 Å². The van der Waals surface area contributed by atoms with Gasteiger partial charge in [-0.25, -0.2) is 0 Å². The first-order valence-electron chi connectivity index (χ1n) is 23.9. The summed E-state index contributed by atoms with van der Waals surface area (Å²) < 4.78 is 42.0. The number of aromatic nitrogens is 2. The minimum atomic E-state index is -1.08. The average Bonchev–Trinajstić information content (AvgIpc) is 4.01. The van der Waals surface area contributed by atoms with Crippen molar-refractivity contribution in [2.45, 2.75) is 130 Å². The number of para-hydroxylation sites is 4. The van der Waals surface area contributed by atoms with Gasteiger partial charge in [0.2, 0.25) is 0 Å². The molecule has 0 atom stereocenters. The fraction of sp³-hybridized carbons (Fsp3) is 0.351. The number of carbonyl (C=O) groups is 1. The van der Waals surface area contributed by atoms with Gasteiger partial charge in [0, 0.05) is 43.4 Å². The third-order valence-electron chi connectivity index (χ3n) is 14.7. The van der Waals surface area contributed by atoms with E-state index in [0.29, 0.717) is 0 Å². The average molecular weight is 1050 g/mol. The summed E-state index contributed by atoms with van der Waals surface area (Å²) in [6.45, 7) is 25.5. The smallest absolute Gasteiger partial charge is 0.550 e. The zero-order valence-corrected chi connectivity index (χ0v) is 48.3. The number of hydrogen-bond acceptors (Lipinski definition) is 8. The Morgan fingerprint density at radius 3 is 1.07 bits per heavy atom. The van der Waals surface area contributed by atoms with Gasteiger partial charge in [-0.05, 0) is 156 Å². The molecule has 0 saturated carbocycles. The summed E-state index contributed by atoms with van der Waals surface area (Å²) in [5.74, 6) is -1.08. The molecular weight excluding hydrogens is 981 g/mol. The molecule has 0 unspecified atom stereocenters. The maximum absolute atomic E-state index is 8.89. The minimum absolute atomic E-state index is 0. The molecule has 3 aliphatic heterocycles. The molecule has 3 saturated heterocycles. The van der Waals surface area contributed by atoms with Crippen molar-refractivity contribution in [3.63, 3.8) is 0 Å². The number of ether oxygens (including phenoxy) is 2. The van der Waals surface area contributed by atoms with Crippen molar-refractivity contribution in [3.05, 3.63) is 150 Å². The molecule has 0 N–H and O–H groups in total. The first-order valence-corrected chi connectivity index (χ1v) is 24.7. The fourth-order valence-corrected chi connectivity index (χ4v) is 9.02. The molecule has 11 rings (SSSR count). The summed E-state index contributed by atoms with van der Waals surface area (Å²) >= 11 is 3.50. The zero-order chi connectivity index (χ0) is 50.6. The van der Waals surface area contributed by atoms with Gasteiger partial charge in [0.25, 0.3) is 0 Å². The molecule has 14 heteroatoms. The first kappa shape index (κ1) is 55.2. The van der Waals surface area contributed by atoms with E-state index in [0.717, 1.165) is 22.5 Å². The number of aliphatic carboxylic acids is 1. The Balaban J connectivity index is 0.000000154. The molecule has 5 heterocycles. The summed E-state index contributed by atoms with van der Waals surface area (Å²) in [6.07, 6.45) is -0.476. The Morgan fingerprint density at radius 2 is 0.746 bits per heavy atom. The molecule has 0 bridgehead atoms. The number of rotatable bonds is 4. The number of halogens is 1. The second kappa shape index (κ2) is 21.0. The predicted octanol–water partition coefficient (Wildman–Crippen LogP) is 8.94. The molecule has 0 amide bonds. The maximum atomic E-state index is 8.89. The molecule has 2 aromatic heterocycles. The Morgan fingerprint density at radius 1 is 0.465 bits per heavy atom. The SMILES string of the molecule is Brc1ccc(-n2c3ccccc3c3ccccc32)cc1.CC(=O)[O-].CC1(C)OB(C2OC(C)(C)C(C)(C)O2)OC1(C)C.CC1(C)OB(c2ccc(-n3c4ccccc4c4ccccc43)cc2)OC1(C)C.[K+]. The van der Waals surface area contributed by atoms with Crippen molar-refractivity contribution < 1.29 is 89.4 Å². The van der Waals surface area contributed by atoms with Crippen LogP contribution in [-0.4, -0.2) is 69.1 Å². The van der Waals surface area contributed by atoms with E-state index in [1.807, 2.05) is 55.4 Å². The number of fused-ring (bicyclic) bond motifs is 6. The first-order chi connectivity index (χ1) is 32.8. The van der Waals surface area contributed by atoms with Gasteiger partial charge in [-0.1, -0.05) is 101 Å². The largest absolute Gasteiger partial charge is 1.00 e. The number of carboxylic acid groups (broad SMARTS) is 1. The molecule has 0 radical (unpaired) electrons. The van der Waals surface area contributed by atoms with Crippen LogP contribution >= 0.6 is 15.9 Å². The van der Waals surface area contributed by atoms with Crippen LogP contribution in [-0.2, 0) is 32.9 Å². The molecule has 3 aliphatic rings. The monoisotopic (exact) mass is 1040 g/mol. The molecule has 8 aromatic rings. The normalized spacial score (nSPS) is 19.1. The van der Waals surface area contributed by atoms with E-state index in [1.54, 1.807) is 0 Å². The van der Waals surface area contributed by atoms with Crippen molar-refractivity contribution in [2.75, 3.05) is 0 Å². The number of nitrogens with zero attached hydrogens (tertiary/aromatic N) is 2. The van der Waals surface area contributed by atoms with Crippen molar-refractivity contribution in [3.8, 4) is 11.4 Å². The summed E-state index contributed by atoms with van der Waals surface area (Å²) in [6, 6.07) is 51.2. The van der Waals surface area contributed by atoms with Crippen molar-refractivity contribution in [1.29, 1.82) is 0 Å². The van der Waals surface area contributed by atoms with E-state index in [9.17, 15) is 0 Å². The second-order valence-electron chi connectivity index (χ2n) is 21.1. The summed E-state index contributed by atoms with van der Waals surface area (Å²) in [7, 11) is -0.812. The van der Waals surface area contributed by atoms with Gasteiger partial charge >= 0.3 is 65.6 Å². The van der Waals surface area contributed by atoms with Crippen molar-refractivity contribution in [2.24, 2.45) is 0 Å². The van der Waals surface area contributed by atoms with E-state index in [-0.39, 0.29) is 92.1 Å². The van der Waals surface area contributed by atoms with Crippen LogP contribution < -0.4 is 62.0 Å². The van der Waals surface area contributed by atoms with E-state index in [2.05, 4.69) is 198 Å². The van der Waals surface area contributed by atoms with E-state index < -0.39 is 19.3 Å². The number of carboxylic acids is 1. The van der Waals surface area contributed by atoms with Gasteiger partial charge in [0.1, 0.15) is 0 Å². The summed E-state index contributed by atoms with van der Waals surface area (Å²) in [4.78, 5) is 8.89. The van der Waals surface area contributed by atoms with E-state index in [4.69, 9.17) is 38.0 Å². The summed E-state index contributed by atoms with van der Waals surface area (Å²) in [5.41, 5.74) is 6.19. The Hall–Kier alpha value is -3.60. The summed E-state index contributed by atoms with van der Waals surface area (Å²) in [5, 5.41) is 14.0. The molecule has 6 aromatic carbocycles. The molecule has 0 aliphatic carbocycles. The maximum Gasteiger partial charge on any atom is 1.00 e. The van der Waals surface area contributed by atoms with Crippen LogP contribution in [0.4, 0.5) is 0 Å². The van der Waals surface area contributed by atoms with Gasteiger partial charge in [-0.2, -0.15) is 0 Å². The molecule has 0 spiro atoms. The molecule has 3 fully saturated rings. The third kappa shape index (κ3) is 11.1. The van der Waals surface area contributed by atoms with Crippen LogP contribution in [0.3, 0.4) is 0 Å². The zero-order valence-electron chi connectivity index (χ0n) is 43.6. The van der Waals surface area contributed by atoms with Crippen LogP contribution in [0.25, 0.3) is 55.0 Å². The third-order valence-corrected chi connectivity index (χ3v) is 15.2. The van der Waals surface area contributed by atoms with E-state index in [1.165, 1.54) is 49.3 Å². The van der Waals surface area contributed by atoms with E-state index >= 15 is 0 Å². The van der Waals surface area contributed by atoms with Gasteiger partial charge in [-0.3, -0.25) is 0 Å². The molecule has 10 nitrogen and oxygen atoms in total. The Bertz CT molecular complexity index is 2970. The van der Waals surface area contributed by atoms with Crippen LogP contribution in [0.5, 0.6) is 0 Å². The van der Waals surface area contributed by atoms with Crippen LogP contribution in [0.15, 0.2) is 150 Å². The fourth-order valence-electron chi connectivity index (χ4n) is 8.75. The van der Waals surface area contributed by atoms with Gasteiger partial charge in [-0.15, -0.1) is 0 Å². The van der Waals surface area contributed by atoms with Crippen LogP contribution in [0.2, 0.25) is 0 Å². The quantitative estimate of drug-likeness (QED) is 0.161. The number of carbonyl (C=O) groups excluding carboxylic acids is 1. The van der Waals surface area contributed by atoms with Crippen LogP contribution in [0, 0.1) is 0 Å². The van der Waals surface area contributed by atoms with Gasteiger partial charge < -0.3 is 47.1 Å².